The van der Waals surface area contributed by atoms with Gasteiger partial charge in [0, 0.05) is 6.20 Å². The number of hydrogen-bond donors (Lipinski definition) is 2. The molecular formula is C13H13N3O2. The molecule has 18 heavy (non-hydrogen) atoms. The van der Waals surface area contributed by atoms with Crippen LogP contribution in [-0.4, -0.2) is 24.2 Å². The molecule has 2 aromatic rings. The van der Waals surface area contributed by atoms with E-state index < -0.39 is 0 Å². The van der Waals surface area contributed by atoms with Crippen LogP contribution < -0.4 is 10.2 Å². The zero-order valence-corrected chi connectivity index (χ0v) is 9.88. The number of hydrogen-bond acceptors (Lipinski definition) is 3. The third-order valence-electron chi connectivity index (χ3n) is 2.32. The lowest BCUT2D eigenvalue weighted by molar-refractivity contribution is 0.0951. The summed E-state index contributed by atoms with van der Waals surface area (Å²) in [4.78, 5) is 14.3. The Hall–Kier alpha value is -2.56. The van der Waals surface area contributed by atoms with E-state index in [0.29, 0.717) is 5.69 Å². The summed E-state index contributed by atoms with van der Waals surface area (Å²) in [6, 6.07) is 10.8. The fourth-order valence-corrected chi connectivity index (χ4v) is 1.42. The quantitative estimate of drug-likeness (QED) is 0.635. The van der Waals surface area contributed by atoms with Crippen LogP contribution in [0.3, 0.4) is 0 Å². The van der Waals surface area contributed by atoms with Gasteiger partial charge in [0.15, 0.2) is 0 Å². The molecule has 0 aliphatic rings. The molecule has 0 fully saturated rings. The summed E-state index contributed by atoms with van der Waals surface area (Å²) < 4.78 is 5.09. The molecule has 0 radical (unpaired) electrons. The monoisotopic (exact) mass is 243 g/mol. The van der Waals surface area contributed by atoms with E-state index in [0.717, 1.165) is 11.3 Å². The van der Waals surface area contributed by atoms with E-state index in [2.05, 4.69) is 15.5 Å². The summed E-state index contributed by atoms with van der Waals surface area (Å²) in [6.07, 6.45) is 3.24. The van der Waals surface area contributed by atoms with Crippen molar-refractivity contribution in [2.24, 2.45) is 5.10 Å². The minimum Gasteiger partial charge on any atom is -0.497 e. The maximum absolute atomic E-state index is 11.5. The van der Waals surface area contributed by atoms with Crippen LogP contribution in [-0.2, 0) is 0 Å². The van der Waals surface area contributed by atoms with Crippen LogP contribution >= 0.6 is 0 Å². The number of carbonyl (C=O) groups excluding carboxylic acids is 1. The molecule has 5 nitrogen and oxygen atoms in total. The summed E-state index contributed by atoms with van der Waals surface area (Å²) in [5.74, 6) is 0.466. The van der Waals surface area contributed by atoms with E-state index in [1.54, 1.807) is 31.7 Å². The minimum atomic E-state index is -0.279. The molecule has 0 aliphatic carbocycles. The lowest BCUT2D eigenvalue weighted by atomic mass is 10.2. The third-order valence-corrected chi connectivity index (χ3v) is 2.32. The highest BCUT2D eigenvalue weighted by atomic mass is 16.5. The normalized spacial score (nSPS) is 10.5. The van der Waals surface area contributed by atoms with E-state index in [1.807, 2.05) is 24.3 Å². The first-order valence-electron chi connectivity index (χ1n) is 5.40. The van der Waals surface area contributed by atoms with Crippen LogP contribution in [0.4, 0.5) is 0 Å². The number of nitrogens with one attached hydrogen (secondary N) is 2. The number of aromatic amines is 1. The van der Waals surface area contributed by atoms with E-state index in [-0.39, 0.29) is 5.91 Å². The molecule has 1 aromatic heterocycles. The highest BCUT2D eigenvalue weighted by molar-refractivity contribution is 5.93. The van der Waals surface area contributed by atoms with Crippen LogP contribution in [0.2, 0.25) is 0 Å². The van der Waals surface area contributed by atoms with Gasteiger partial charge in [-0.15, -0.1) is 0 Å². The predicted octanol–water partition coefficient (Wildman–Crippen LogP) is 1.79. The van der Waals surface area contributed by atoms with Crippen LogP contribution in [0.1, 0.15) is 16.1 Å². The van der Waals surface area contributed by atoms with Crippen molar-refractivity contribution in [1.29, 1.82) is 0 Å². The molecule has 2 N–H and O–H groups in total. The lowest BCUT2D eigenvalue weighted by Crippen LogP contribution is -2.17. The maximum atomic E-state index is 11.5. The van der Waals surface area contributed by atoms with Gasteiger partial charge in [-0.05, 0) is 29.8 Å². The number of nitrogens with zero attached hydrogens (tertiary/aromatic N) is 1. The number of aromatic nitrogens is 1. The van der Waals surface area contributed by atoms with Gasteiger partial charge in [-0.1, -0.05) is 12.1 Å². The fourth-order valence-electron chi connectivity index (χ4n) is 1.42. The third kappa shape index (κ3) is 2.98. The van der Waals surface area contributed by atoms with Gasteiger partial charge in [-0.3, -0.25) is 4.79 Å². The Morgan fingerprint density at radius 1 is 1.39 bits per heavy atom. The number of ether oxygens (including phenoxy) is 1. The Labute approximate surface area is 104 Å². The van der Waals surface area contributed by atoms with Crippen molar-refractivity contribution in [1.82, 2.24) is 10.4 Å². The van der Waals surface area contributed by atoms with E-state index >= 15 is 0 Å². The highest BCUT2D eigenvalue weighted by Gasteiger charge is 2.02. The summed E-state index contributed by atoms with van der Waals surface area (Å²) >= 11 is 0. The smallest absolute Gasteiger partial charge is 0.287 e. The molecule has 1 amide bonds. The second-order valence-electron chi connectivity index (χ2n) is 3.56. The first-order chi connectivity index (χ1) is 8.79. The van der Waals surface area contributed by atoms with Gasteiger partial charge in [-0.2, -0.15) is 5.10 Å². The Morgan fingerprint density at radius 2 is 2.28 bits per heavy atom. The van der Waals surface area contributed by atoms with Crippen molar-refractivity contribution in [2.45, 2.75) is 0 Å². The van der Waals surface area contributed by atoms with E-state index in [1.165, 1.54) is 0 Å². The van der Waals surface area contributed by atoms with Crippen molar-refractivity contribution in [3.8, 4) is 5.75 Å². The zero-order chi connectivity index (χ0) is 12.8. The van der Waals surface area contributed by atoms with Crippen LogP contribution in [0.25, 0.3) is 0 Å². The molecule has 0 atom stereocenters. The maximum Gasteiger partial charge on any atom is 0.287 e. The molecule has 0 bridgehead atoms. The summed E-state index contributed by atoms with van der Waals surface area (Å²) in [7, 11) is 1.60. The largest absolute Gasteiger partial charge is 0.497 e. The number of hydrazone groups is 1. The van der Waals surface area contributed by atoms with Gasteiger partial charge in [0.1, 0.15) is 11.4 Å². The van der Waals surface area contributed by atoms with Gasteiger partial charge < -0.3 is 9.72 Å². The molecule has 5 heteroatoms. The highest BCUT2D eigenvalue weighted by Crippen LogP contribution is 2.10. The number of methoxy groups -OCH3 is 1. The Kier molecular flexibility index (Phi) is 3.76. The van der Waals surface area contributed by atoms with Crippen molar-refractivity contribution in [3.63, 3.8) is 0 Å². The SMILES string of the molecule is COc1cccc(/C=N\NC(=O)c2ccc[nH]2)c1. The van der Waals surface area contributed by atoms with Gasteiger partial charge in [0.25, 0.3) is 5.91 Å². The Bertz CT molecular complexity index is 547. The molecule has 0 saturated heterocycles. The van der Waals surface area contributed by atoms with Crippen molar-refractivity contribution in [2.75, 3.05) is 7.11 Å². The molecule has 0 spiro atoms. The van der Waals surface area contributed by atoms with Crippen LogP contribution in [0.5, 0.6) is 5.75 Å². The number of rotatable bonds is 4. The van der Waals surface area contributed by atoms with Crippen LogP contribution in [0.15, 0.2) is 47.7 Å². The number of amides is 1. The predicted molar refractivity (Wildman–Crippen MR) is 68.8 cm³/mol. The summed E-state index contributed by atoms with van der Waals surface area (Å²) in [5.41, 5.74) is 3.75. The molecule has 2 rings (SSSR count). The van der Waals surface area contributed by atoms with Crippen molar-refractivity contribution >= 4 is 12.1 Å². The van der Waals surface area contributed by atoms with Gasteiger partial charge in [-0.25, -0.2) is 5.43 Å². The zero-order valence-electron chi connectivity index (χ0n) is 9.88. The minimum absolute atomic E-state index is 0.279. The Balaban J connectivity index is 1.97. The fraction of sp³-hybridized carbons (Fsp3) is 0.0769. The lowest BCUT2D eigenvalue weighted by Gasteiger charge is -2.00. The van der Waals surface area contributed by atoms with Gasteiger partial charge >= 0.3 is 0 Å². The van der Waals surface area contributed by atoms with Gasteiger partial charge in [0.05, 0.1) is 13.3 Å². The molecule has 0 unspecified atom stereocenters. The summed E-state index contributed by atoms with van der Waals surface area (Å²) in [6.45, 7) is 0. The molecule has 0 saturated carbocycles. The van der Waals surface area contributed by atoms with E-state index in [9.17, 15) is 4.79 Å². The average Bonchev–Trinajstić information content (AvgIpc) is 2.93. The average molecular weight is 243 g/mol. The first-order valence-corrected chi connectivity index (χ1v) is 5.40. The second kappa shape index (κ2) is 5.67. The summed E-state index contributed by atoms with van der Waals surface area (Å²) in [5, 5.41) is 3.87. The molecule has 1 aromatic carbocycles. The van der Waals surface area contributed by atoms with E-state index in [4.69, 9.17) is 4.74 Å². The second-order valence-corrected chi connectivity index (χ2v) is 3.56. The Morgan fingerprint density at radius 3 is 3.00 bits per heavy atom. The molecular weight excluding hydrogens is 230 g/mol. The molecule has 1 heterocycles. The first kappa shape index (κ1) is 11.9. The van der Waals surface area contributed by atoms with Crippen molar-refractivity contribution in [3.05, 3.63) is 53.9 Å². The molecule has 0 aliphatic heterocycles. The molecule has 92 valence electrons. The standard InChI is InChI=1S/C13H13N3O2/c1-18-11-5-2-4-10(8-11)9-15-16-13(17)12-6-3-7-14-12/h2-9,14H,1H3,(H,16,17)/b15-9-. The van der Waals surface area contributed by atoms with Crippen molar-refractivity contribution < 1.29 is 9.53 Å². The topological polar surface area (TPSA) is 66.5 Å². The van der Waals surface area contributed by atoms with Crippen LogP contribution in [0, 0.1) is 0 Å². The number of H-pyrrole nitrogens is 1. The van der Waals surface area contributed by atoms with Gasteiger partial charge in [0.2, 0.25) is 0 Å². The number of carbonyl (C=O) groups is 1. The number of benzene rings is 1.